The van der Waals surface area contributed by atoms with Gasteiger partial charge >= 0.3 is 0 Å². The van der Waals surface area contributed by atoms with Gasteiger partial charge in [-0.05, 0) is 18.1 Å². The van der Waals surface area contributed by atoms with Gasteiger partial charge < -0.3 is 5.43 Å². The number of nitrogens with one attached hydrogen (secondary N) is 2. The van der Waals surface area contributed by atoms with Crippen molar-refractivity contribution in [2.24, 2.45) is 11.3 Å². The monoisotopic (exact) mass is 288 g/mol. The maximum absolute atomic E-state index is 12.1. The number of hydrazine groups is 1. The van der Waals surface area contributed by atoms with E-state index in [0.29, 0.717) is 11.3 Å². The van der Waals surface area contributed by atoms with Gasteiger partial charge in [-0.1, -0.05) is 52.8 Å². The highest BCUT2D eigenvalue weighted by Gasteiger charge is 2.20. The molecule has 0 aliphatic carbocycles. The molecular weight excluding hydrogens is 264 g/mol. The molecule has 4 heteroatoms. The Morgan fingerprint density at radius 1 is 1.05 bits per heavy atom. The van der Waals surface area contributed by atoms with Crippen LogP contribution in [0.3, 0.4) is 0 Å². The van der Waals surface area contributed by atoms with Crippen molar-refractivity contribution < 1.29 is 9.59 Å². The molecule has 0 aromatic heterocycles. The number of allylic oxidation sites excluding steroid dienone is 2. The summed E-state index contributed by atoms with van der Waals surface area (Å²) < 4.78 is 0. The number of carbonyl (C=O) groups is 2. The minimum atomic E-state index is -0.439. The van der Waals surface area contributed by atoms with E-state index in [1.165, 1.54) is 0 Å². The number of benzene rings is 1. The predicted molar refractivity (Wildman–Crippen MR) is 84.4 cm³/mol. The third kappa shape index (κ3) is 5.42. The van der Waals surface area contributed by atoms with E-state index in [9.17, 15) is 9.59 Å². The van der Waals surface area contributed by atoms with Crippen LogP contribution in [0.5, 0.6) is 0 Å². The summed E-state index contributed by atoms with van der Waals surface area (Å²) in [7, 11) is 0. The molecule has 0 aliphatic rings. The van der Waals surface area contributed by atoms with Crippen LogP contribution < -0.4 is 10.9 Å². The molecule has 0 radical (unpaired) electrons. The van der Waals surface area contributed by atoms with Crippen LogP contribution in [0.4, 0.5) is 0 Å². The summed E-state index contributed by atoms with van der Waals surface area (Å²) in [5.41, 5.74) is 6.31. The van der Waals surface area contributed by atoms with Gasteiger partial charge in [0.25, 0.3) is 5.91 Å². The number of carbonyl (C=O) groups excluding carboxylic acids is 2. The fourth-order valence-corrected chi connectivity index (χ4v) is 1.50. The van der Waals surface area contributed by atoms with Crippen LogP contribution in [0, 0.1) is 11.3 Å². The van der Waals surface area contributed by atoms with Crippen molar-refractivity contribution in [2.45, 2.75) is 34.6 Å². The molecule has 0 fully saturated rings. The van der Waals surface area contributed by atoms with E-state index >= 15 is 0 Å². The lowest BCUT2D eigenvalue weighted by Gasteiger charge is -2.19. The highest BCUT2D eigenvalue weighted by molar-refractivity contribution is 5.95. The van der Waals surface area contributed by atoms with Crippen LogP contribution in [0.25, 0.3) is 0 Å². The van der Waals surface area contributed by atoms with Crippen molar-refractivity contribution in [3.05, 3.63) is 47.7 Å². The van der Waals surface area contributed by atoms with Gasteiger partial charge in [-0.15, -0.1) is 0 Å². The lowest BCUT2D eigenvalue weighted by Crippen LogP contribution is -2.38. The minimum absolute atomic E-state index is 0.0210. The van der Waals surface area contributed by atoms with Gasteiger partial charge in [-0.2, -0.15) is 0 Å². The van der Waals surface area contributed by atoms with Gasteiger partial charge in [0.2, 0.25) is 0 Å². The molecule has 4 nitrogen and oxygen atoms in total. The highest BCUT2D eigenvalue weighted by atomic mass is 16.2. The number of rotatable bonds is 5. The van der Waals surface area contributed by atoms with Crippen LogP contribution in [-0.2, 0) is 4.79 Å². The largest absolute Gasteiger partial charge is 0.302 e. The lowest BCUT2D eigenvalue weighted by molar-refractivity contribution is -0.121. The van der Waals surface area contributed by atoms with Gasteiger partial charge in [0.1, 0.15) is 0 Å². The molecule has 0 saturated heterocycles. The number of hydrogen-bond acceptors (Lipinski definition) is 3. The second-order valence-electron chi connectivity index (χ2n) is 6.31. The van der Waals surface area contributed by atoms with Crippen LogP contribution in [-0.4, -0.2) is 11.7 Å². The molecule has 0 bridgehead atoms. The standard InChI is InChI=1S/C17H24N2O2/c1-12(2)14(11-15(20)17(3,4)5)18-19-16(21)13-9-7-6-8-10-13/h6-12,18H,1-5H3,(H,19,21). The third-order valence-electron chi connectivity index (χ3n) is 3.00. The van der Waals surface area contributed by atoms with Crippen LogP contribution >= 0.6 is 0 Å². The van der Waals surface area contributed by atoms with Crippen molar-refractivity contribution in [3.8, 4) is 0 Å². The van der Waals surface area contributed by atoms with Gasteiger partial charge in [0.05, 0.1) is 0 Å². The van der Waals surface area contributed by atoms with E-state index in [4.69, 9.17) is 0 Å². The molecule has 114 valence electrons. The predicted octanol–water partition coefficient (Wildman–Crippen LogP) is 3.08. The van der Waals surface area contributed by atoms with E-state index in [0.717, 1.165) is 0 Å². The smallest absolute Gasteiger partial charge is 0.269 e. The summed E-state index contributed by atoms with van der Waals surface area (Å²) in [6.45, 7) is 9.53. The molecule has 0 saturated carbocycles. The molecule has 0 heterocycles. The summed E-state index contributed by atoms with van der Waals surface area (Å²) in [6, 6.07) is 8.92. The Morgan fingerprint density at radius 2 is 1.62 bits per heavy atom. The average Bonchev–Trinajstić information content (AvgIpc) is 2.42. The van der Waals surface area contributed by atoms with E-state index in [2.05, 4.69) is 10.9 Å². The summed E-state index contributed by atoms with van der Waals surface area (Å²) in [5, 5.41) is 0. The average molecular weight is 288 g/mol. The van der Waals surface area contributed by atoms with Gasteiger partial charge in [-0.3, -0.25) is 15.0 Å². The molecule has 1 rings (SSSR count). The number of ketones is 1. The molecule has 0 spiro atoms. The van der Waals surface area contributed by atoms with E-state index in [-0.39, 0.29) is 17.6 Å². The third-order valence-corrected chi connectivity index (χ3v) is 3.00. The molecular formula is C17H24N2O2. The van der Waals surface area contributed by atoms with E-state index < -0.39 is 5.41 Å². The second-order valence-corrected chi connectivity index (χ2v) is 6.31. The highest BCUT2D eigenvalue weighted by Crippen LogP contribution is 2.17. The van der Waals surface area contributed by atoms with Crippen LogP contribution in [0.2, 0.25) is 0 Å². The zero-order chi connectivity index (χ0) is 16.0. The Bertz CT molecular complexity index is 525. The first-order valence-electron chi connectivity index (χ1n) is 7.09. The molecule has 1 amide bonds. The van der Waals surface area contributed by atoms with E-state index in [1.54, 1.807) is 30.3 Å². The van der Waals surface area contributed by atoms with Gasteiger partial charge in [0, 0.05) is 22.8 Å². The number of hydrogen-bond donors (Lipinski definition) is 2. The molecule has 1 aromatic rings. The van der Waals surface area contributed by atoms with Crippen LogP contribution in [0.1, 0.15) is 45.0 Å². The van der Waals surface area contributed by atoms with Crippen molar-refractivity contribution in [3.63, 3.8) is 0 Å². The maximum atomic E-state index is 12.1. The van der Waals surface area contributed by atoms with Crippen molar-refractivity contribution in [1.82, 2.24) is 10.9 Å². The first-order chi connectivity index (χ1) is 9.71. The zero-order valence-electron chi connectivity index (χ0n) is 13.4. The molecule has 2 N–H and O–H groups in total. The molecule has 21 heavy (non-hydrogen) atoms. The van der Waals surface area contributed by atoms with Gasteiger partial charge in [-0.25, -0.2) is 0 Å². The Hall–Kier alpha value is -2.10. The first-order valence-corrected chi connectivity index (χ1v) is 7.09. The molecule has 0 atom stereocenters. The zero-order valence-corrected chi connectivity index (χ0v) is 13.4. The summed E-state index contributed by atoms with van der Waals surface area (Å²) in [5.74, 6) is -0.106. The normalized spacial score (nSPS) is 12.2. The SMILES string of the molecule is CC(C)C(=CC(=O)C(C)(C)C)NNC(=O)c1ccccc1. The Kier molecular flexibility index (Phi) is 5.70. The Morgan fingerprint density at radius 3 is 2.10 bits per heavy atom. The molecule has 0 aliphatic heterocycles. The van der Waals surface area contributed by atoms with Crippen molar-refractivity contribution >= 4 is 11.7 Å². The molecule has 0 unspecified atom stereocenters. The lowest BCUT2D eigenvalue weighted by atomic mass is 9.89. The Labute approximate surface area is 126 Å². The molecule has 1 aromatic carbocycles. The topological polar surface area (TPSA) is 58.2 Å². The van der Waals surface area contributed by atoms with E-state index in [1.807, 2.05) is 40.7 Å². The summed E-state index contributed by atoms with van der Waals surface area (Å²) >= 11 is 0. The number of amides is 1. The Balaban J connectivity index is 2.75. The maximum Gasteiger partial charge on any atom is 0.269 e. The fraction of sp³-hybridized carbons (Fsp3) is 0.412. The van der Waals surface area contributed by atoms with Crippen molar-refractivity contribution in [1.29, 1.82) is 0 Å². The summed E-state index contributed by atoms with van der Waals surface area (Å²) in [4.78, 5) is 24.0. The quantitative estimate of drug-likeness (QED) is 0.646. The van der Waals surface area contributed by atoms with Crippen LogP contribution in [0.15, 0.2) is 42.1 Å². The minimum Gasteiger partial charge on any atom is -0.302 e. The van der Waals surface area contributed by atoms with Gasteiger partial charge in [0.15, 0.2) is 5.78 Å². The van der Waals surface area contributed by atoms with Crippen molar-refractivity contribution in [2.75, 3.05) is 0 Å². The summed E-state index contributed by atoms with van der Waals surface area (Å²) in [6.07, 6.45) is 1.57. The fourth-order valence-electron chi connectivity index (χ4n) is 1.50. The second kappa shape index (κ2) is 7.07. The first kappa shape index (κ1) is 17.0.